The lowest BCUT2D eigenvalue weighted by atomic mass is 9.70. The highest BCUT2D eigenvalue weighted by Crippen LogP contribution is 2.50. The second-order valence-electron chi connectivity index (χ2n) is 7.30. The Morgan fingerprint density at radius 1 is 1.20 bits per heavy atom. The quantitative estimate of drug-likeness (QED) is 0.383. The fraction of sp³-hybridized carbons (Fsp3) is 0.700. The first-order valence-corrected chi connectivity index (χ1v) is 11.5. The highest BCUT2D eigenvalue weighted by Gasteiger charge is 2.52. The minimum absolute atomic E-state index is 0.0641. The highest BCUT2D eigenvalue weighted by molar-refractivity contribution is 8.17. The second-order valence-corrected chi connectivity index (χ2v) is 10.0. The number of cyclic esters (lactones) is 2. The van der Waals surface area contributed by atoms with Gasteiger partial charge < -0.3 is 4.74 Å². The molecule has 0 spiro atoms. The van der Waals surface area contributed by atoms with E-state index in [0.29, 0.717) is 4.58 Å². The van der Waals surface area contributed by atoms with E-state index in [2.05, 4.69) is 26.8 Å². The minimum Gasteiger partial charge on any atom is -0.392 e. The Hall–Kier alpha value is -0.680. The average molecular weight is 381 g/mol. The Bertz CT molecular complexity index is 602. The summed E-state index contributed by atoms with van der Waals surface area (Å²) < 4.78 is 5.45. The summed E-state index contributed by atoms with van der Waals surface area (Å²) in [5.41, 5.74) is 3.70. The van der Waals surface area contributed by atoms with Gasteiger partial charge in [-0.3, -0.25) is 9.59 Å². The van der Waals surface area contributed by atoms with Gasteiger partial charge in [0.2, 0.25) is 0 Å². The van der Waals surface area contributed by atoms with E-state index in [1.165, 1.54) is 41.9 Å². The molecule has 25 heavy (non-hydrogen) atoms. The van der Waals surface area contributed by atoms with E-state index in [1.807, 2.05) is 23.5 Å². The van der Waals surface area contributed by atoms with Crippen LogP contribution < -0.4 is 0 Å². The first-order chi connectivity index (χ1) is 12.0. The van der Waals surface area contributed by atoms with E-state index in [4.69, 9.17) is 4.74 Å². The SMILES string of the molecule is CCCCC/C(C)=C1\C(C2SCCCS2)=C[C@H](C)[C@@H]2C(=O)OC(=O)[C@H]12. The van der Waals surface area contributed by atoms with Crippen molar-refractivity contribution in [2.24, 2.45) is 17.8 Å². The summed E-state index contributed by atoms with van der Waals surface area (Å²) in [6, 6.07) is 0. The van der Waals surface area contributed by atoms with Crippen molar-refractivity contribution in [2.45, 2.75) is 57.5 Å². The highest BCUT2D eigenvalue weighted by atomic mass is 32.2. The summed E-state index contributed by atoms with van der Waals surface area (Å²) in [5.74, 6) is 1.03. The van der Waals surface area contributed by atoms with Crippen LogP contribution in [0.3, 0.4) is 0 Å². The van der Waals surface area contributed by atoms with Crippen LogP contribution in [0.15, 0.2) is 22.8 Å². The van der Waals surface area contributed by atoms with Crippen LogP contribution in [-0.2, 0) is 14.3 Å². The van der Waals surface area contributed by atoms with Crippen molar-refractivity contribution in [3.8, 4) is 0 Å². The molecule has 0 aromatic carbocycles. The van der Waals surface area contributed by atoms with Crippen molar-refractivity contribution in [1.82, 2.24) is 0 Å². The van der Waals surface area contributed by atoms with Crippen molar-refractivity contribution < 1.29 is 14.3 Å². The van der Waals surface area contributed by atoms with Crippen LogP contribution >= 0.6 is 23.5 Å². The molecule has 0 aromatic rings. The lowest BCUT2D eigenvalue weighted by molar-refractivity contribution is -0.153. The maximum Gasteiger partial charge on any atom is 0.321 e. The Morgan fingerprint density at radius 2 is 1.92 bits per heavy atom. The molecule has 3 rings (SSSR count). The third kappa shape index (κ3) is 3.87. The minimum atomic E-state index is -0.382. The average Bonchev–Trinajstić information content (AvgIpc) is 2.90. The van der Waals surface area contributed by atoms with E-state index < -0.39 is 0 Å². The van der Waals surface area contributed by atoms with Gasteiger partial charge in [0.05, 0.1) is 16.4 Å². The van der Waals surface area contributed by atoms with Crippen LogP contribution in [0.5, 0.6) is 0 Å². The summed E-state index contributed by atoms with van der Waals surface area (Å²) >= 11 is 3.96. The lowest BCUT2D eigenvalue weighted by Crippen LogP contribution is -2.33. The molecule has 2 fully saturated rings. The predicted molar refractivity (Wildman–Crippen MR) is 105 cm³/mol. The van der Waals surface area contributed by atoms with Crippen LogP contribution in [0.1, 0.15) is 52.9 Å². The summed E-state index contributed by atoms with van der Waals surface area (Å²) in [5, 5.41) is 0. The van der Waals surface area contributed by atoms with Gasteiger partial charge in [0.1, 0.15) is 0 Å². The Balaban J connectivity index is 1.99. The van der Waals surface area contributed by atoms with Gasteiger partial charge in [0, 0.05) is 0 Å². The van der Waals surface area contributed by atoms with Gasteiger partial charge in [-0.2, -0.15) is 0 Å². The Labute approximate surface area is 159 Å². The maximum atomic E-state index is 12.5. The third-order valence-corrected chi connectivity index (χ3v) is 8.39. The molecule has 0 aromatic heterocycles. The number of carbonyl (C=O) groups is 2. The Kier molecular flexibility index (Phi) is 6.37. The van der Waals surface area contributed by atoms with E-state index in [0.717, 1.165) is 18.4 Å². The zero-order chi connectivity index (χ0) is 18.0. The molecule has 3 aliphatic rings. The number of unbranched alkanes of at least 4 members (excludes halogenated alkanes) is 2. The monoisotopic (exact) mass is 380 g/mol. The van der Waals surface area contributed by atoms with Gasteiger partial charge in [-0.15, -0.1) is 23.5 Å². The van der Waals surface area contributed by atoms with Crippen molar-refractivity contribution in [2.75, 3.05) is 11.5 Å². The topological polar surface area (TPSA) is 43.4 Å². The van der Waals surface area contributed by atoms with Crippen molar-refractivity contribution in [1.29, 1.82) is 0 Å². The molecule has 1 aliphatic carbocycles. The summed E-state index contributed by atoms with van der Waals surface area (Å²) in [6.07, 6.45) is 8.03. The molecule has 3 atom stereocenters. The number of fused-ring (bicyclic) bond motifs is 1. The molecular weight excluding hydrogens is 352 g/mol. The number of hydrogen-bond donors (Lipinski definition) is 0. The third-order valence-electron chi connectivity index (χ3n) is 5.41. The first kappa shape index (κ1) is 19.1. The standard InChI is InChI=1S/C20H28O3S2/c1-4-5-6-8-12(2)15-14(20-24-9-7-10-25-20)11-13(3)16-17(15)19(22)23-18(16)21/h11,13,16-17,20H,4-10H2,1-3H3/b15-12+/t13-,16-,17+/m0/s1. The van der Waals surface area contributed by atoms with E-state index in [-0.39, 0.29) is 29.7 Å². The van der Waals surface area contributed by atoms with E-state index in [1.54, 1.807) is 0 Å². The molecule has 2 saturated heterocycles. The fourth-order valence-corrected chi connectivity index (χ4v) is 7.11. The smallest absolute Gasteiger partial charge is 0.321 e. The predicted octanol–water partition coefficient (Wildman–Crippen LogP) is 4.97. The molecule has 2 heterocycles. The number of esters is 2. The maximum absolute atomic E-state index is 12.5. The number of allylic oxidation sites excluding steroid dienone is 2. The van der Waals surface area contributed by atoms with Crippen LogP contribution in [0, 0.1) is 17.8 Å². The molecule has 5 heteroatoms. The number of thioether (sulfide) groups is 2. The van der Waals surface area contributed by atoms with Crippen LogP contribution in [0.4, 0.5) is 0 Å². The first-order valence-electron chi connectivity index (χ1n) is 9.45. The van der Waals surface area contributed by atoms with Crippen molar-refractivity contribution in [3.63, 3.8) is 0 Å². The van der Waals surface area contributed by atoms with Crippen molar-refractivity contribution >= 4 is 35.5 Å². The number of rotatable bonds is 5. The van der Waals surface area contributed by atoms with Gasteiger partial charge in [-0.1, -0.05) is 38.3 Å². The van der Waals surface area contributed by atoms with Crippen LogP contribution in [0.2, 0.25) is 0 Å². The molecule has 0 N–H and O–H groups in total. The normalized spacial score (nSPS) is 32.3. The number of carbonyl (C=O) groups excluding carboxylic acids is 2. The second kappa shape index (κ2) is 8.34. The largest absolute Gasteiger partial charge is 0.392 e. The molecule has 0 saturated carbocycles. The summed E-state index contributed by atoms with van der Waals surface area (Å²) in [4.78, 5) is 24.8. The van der Waals surface area contributed by atoms with Gasteiger partial charge in [0.25, 0.3) is 0 Å². The lowest BCUT2D eigenvalue weighted by Gasteiger charge is -2.35. The fourth-order valence-electron chi connectivity index (χ4n) is 4.14. The number of hydrogen-bond acceptors (Lipinski definition) is 5. The van der Waals surface area contributed by atoms with Gasteiger partial charge >= 0.3 is 11.9 Å². The molecule has 0 amide bonds. The van der Waals surface area contributed by atoms with Gasteiger partial charge in [-0.25, -0.2) is 0 Å². The van der Waals surface area contributed by atoms with Gasteiger partial charge in [-0.05, 0) is 54.8 Å². The molecule has 0 unspecified atom stereocenters. The zero-order valence-corrected chi connectivity index (χ0v) is 17.0. The zero-order valence-electron chi connectivity index (χ0n) is 15.4. The molecule has 3 nitrogen and oxygen atoms in total. The molecule has 0 bridgehead atoms. The summed E-state index contributed by atoms with van der Waals surface area (Å²) in [7, 11) is 0. The van der Waals surface area contributed by atoms with Crippen molar-refractivity contribution in [3.05, 3.63) is 22.8 Å². The molecular formula is C20H28O3S2. The number of ether oxygens (including phenoxy) is 1. The van der Waals surface area contributed by atoms with Crippen LogP contribution in [0.25, 0.3) is 0 Å². The summed E-state index contributed by atoms with van der Waals surface area (Å²) in [6.45, 7) is 6.41. The van der Waals surface area contributed by atoms with Gasteiger partial charge in [0.15, 0.2) is 0 Å². The van der Waals surface area contributed by atoms with E-state index in [9.17, 15) is 9.59 Å². The molecule has 0 radical (unpaired) electrons. The molecule has 138 valence electrons. The Morgan fingerprint density at radius 3 is 2.60 bits per heavy atom. The van der Waals surface area contributed by atoms with Crippen LogP contribution in [-0.4, -0.2) is 28.0 Å². The molecule has 2 aliphatic heterocycles. The van der Waals surface area contributed by atoms with E-state index >= 15 is 0 Å².